The molecule has 0 aliphatic heterocycles. The van der Waals surface area contributed by atoms with E-state index >= 15 is 0 Å². The number of anilines is 1. The summed E-state index contributed by atoms with van der Waals surface area (Å²) >= 11 is 5.99. The van der Waals surface area contributed by atoms with Gasteiger partial charge in [-0.3, -0.25) is 4.79 Å². The fourth-order valence-corrected chi connectivity index (χ4v) is 2.08. The van der Waals surface area contributed by atoms with E-state index in [1.807, 2.05) is 24.3 Å². The average molecular weight is 300 g/mol. The van der Waals surface area contributed by atoms with Crippen molar-refractivity contribution >= 4 is 29.3 Å². The van der Waals surface area contributed by atoms with E-state index in [0.29, 0.717) is 16.6 Å². The lowest BCUT2D eigenvalue weighted by atomic mass is 10.0. The number of hydrogen-bond donors (Lipinski definition) is 1. The summed E-state index contributed by atoms with van der Waals surface area (Å²) in [6.07, 6.45) is 3.30. The topological polar surface area (TPSA) is 29.1 Å². The fourth-order valence-electron chi connectivity index (χ4n) is 1.90. The lowest BCUT2D eigenvalue weighted by Crippen LogP contribution is -2.07. The Balaban J connectivity index is 2.00. The number of carbonyl (C=O) groups excluding carboxylic acids is 1. The van der Waals surface area contributed by atoms with Gasteiger partial charge in [0, 0.05) is 6.08 Å². The summed E-state index contributed by atoms with van der Waals surface area (Å²) in [6, 6.07) is 15.3. The van der Waals surface area contributed by atoms with Crippen LogP contribution in [0.1, 0.15) is 30.9 Å². The Labute approximate surface area is 130 Å². The Morgan fingerprint density at radius 3 is 2.38 bits per heavy atom. The first-order chi connectivity index (χ1) is 10.1. The van der Waals surface area contributed by atoms with E-state index in [0.717, 1.165) is 5.56 Å². The molecule has 0 heterocycles. The molecule has 2 aromatic rings. The first-order valence-corrected chi connectivity index (χ1v) is 7.27. The third-order valence-electron chi connectivity index (χ3n) is 3.16. The Kier molecular flexibility index (Phi) is 5.18. The normalized spacial score (nSPS) is 11.0. The van der Waals surface area contributed by atoms with Gasteiger partial charge in [0.25, 0.3) is 0 Å². The van der Waals surface area contributed by atoms with E-state index in [9.17, 15) is 4.79 Å². The molecule has 0 unspecified atom stereocenters. The van der Waals surface area contributed by atoms with Crippen LogP contribution in [0.3, 0.4) is 0 Å². The molecule has 0 bridgehead atoms. The van der Waals surface area contributed by atoms with E-state index in [4.69, 9.17) is 11.6 Å². The minimum atomic E-state index is -0.198. The highest BCUT2D eigenvalue weighted by Crippen LogP contribution is 2.20. The molecule has 0 aromatic heterocycles. The minimum absolute atomic E-state index is 0.198. The maximum Gasteiger partial charge on any atom is 0.248 e. The quantitative estimate of drug-likeness (QED) is 0.780. The second-order valence-corrected chi connectivity index (χ2v) is 5.53. The second-order valence-electron chi connectivity index (χ2n) is 5.12. The molecule has 2 aromatic carbocycles. The number of benzene rings is 2. The Hall–Kier alpha value is -2.06. The van der Waals surface area contributed by atoms with Crippen LogP contribution in [0.5, 0.6) is 0 Å². The predicted molar refractivity (Wildman–Crippen MR) is 89.6 cm³/mol. The van der Waals surface area contributed by atoms with E-state index in [2.05, 4.69) is 31.3 Å². The monoisotopic (exact) mass is 299 g/mol. The molecule has 1 amide bonds. The largest absolute Gasteiger partial charge is 0.321 e. The van der Waals surface area contributed by atoms with Gasteiger partial charge in [-0.25, -0.2) is 0 Å². The summed E-state index contributed by atoms with van der Waals surface area (Å²) in [4.78, 5) is 11.9. The highest BCUT2D eigenvalue weighted by molar-refractivity contribution is 6.33. The van der Waals surface area contributed by atoms with Crippen molar-refractivity contribution in [1.29, 1.82) is 0 Å². The van der Waals surface area contributed by atoms with Crippen molar-refractivity contribution in [3.05, 3.63) is 70.8 Å². The van der Waals surface area contributed by atoms with Crippen LogP contribution >= 0.6 is 11.6 Å². The van der Waals surface area contributed by atoms with Crippen molar-refractivity contribution in [3.8, 4) is 0 Å². The lowest BCUT2D eigenvalue weighted by molar-refractivity contribution is -0.111. The molecular weight excluding hydrogens is 282 g/mol. The van der Waals surface area contributed by atoms with Crippen LogP contribution in [-0.2, 0) is 4.79 Å². The van der Waals surface area contributed by atoms with Crippen molar-refractivity contribution in [2.75, 3.05) is 5.32 Å². The van der Waals surface area contributed by atoms with Gasteiger partial charge >= 0.3 is 0 Å². The lowest BCUT2D eigenvalue weighted by Gasteiger charge is -2.05. The van der Waals surface area contributed by atoms with Crippen LogP contribution in [0.2, 0.25) is 5.02 Å². The molecule has 2 nitrogen and oxygen atoms in total. The molecule has 0 saturated heterocycles. The smallest absolute Gasteiger partial charge is 0.248 e. The highest BCUT2D eigenvalue weighted by Gasteiger charge is 2.02. The molecule has 0 aliphatic carbocycles. The molecule has 108 valence electrons. The van der Waals surface area contributed by atoms with Crippen LogP contribution in [0, 0.1) is 0 Å². The van der Waals surface area contributed by atoms with Crippen molar-refractivity contribution < 1.29 is 4.79 Å². The number of rotatable bonds is 4. The van der Waals surface area contributed by atoms with Crippen LogP contribution in [-0.4, -0.2) is 5.91 Å². The first kappa shape index (κ1) is 15.3. The Bertz CT molecular complexity index is 645. The van der Waals surface area contributed by atoms with Crippen LogP contribution in [0.4, 0.5) is 5.69 Å². The molecule has 0 saturated carbocycles. The number of nitrogens with one attached hydrogen (secondary N) is 1. The van der Waals surface area contributed by atoms with E-state index in [-0.39, 0.29) is 5.91 Å². The second kappa shape index (κ2) is 7.09. The zero-order chi connectivity index (χ0) is 15.2. The molecule has 0 aliphatic rings. The summed E-state index contributed by atoms with van der Waals surface area (Å²) in [6.45, 7) is 4.31. The van der Waals surface area contributed by atoms with Crippen LogP contribution in [0.15, 0.2) is 54.6 Å². The van der Waals surface area contributed by atoms with Crippen molar-refractivity contribution in [2.24, 2.45) is 0 Å². The Morgan fingerprint density at radius 1 is 1.10 bits per heavy atom. The maximum atomic E-state index is 11.9. The van der Waals surface area contributed by atoms with Crippen molar-refractivity contribution in [3.63, 3.8) is 0 Å². The number of hydrogen-bond acceptors (Lipinski definition) is 1. The van der Waals surface area contributed by atoms with Gasteiger partial charge in [0.15, 0.2) is 0 Å². The van der Waals surface area contributed by atoms with Gasteiger partial charge in [-0.2, -0.15) is 0 Å². The van der Waals surface area contributed by atoms with E-state index < -0.39 is 0 Å². The maximum absolute atomic E-state index is 11.9. The average Bonchev–Trinajstić information content (AvgIpc) is 2.48. The molecule has 3 heteroatoms. The number of carbonyl (C=O) groups is 1. The van der Waals surface area contributed by atoms with Gasteiger partial charge in [0.1, 0.15) is 0 Å². The van der Waals surface area contributed by atoms with Crippen molar-refractivity contribution in [1.82, 2.24) is 0 Å². The van der Waals surface area contributed by atoms with Gasteiger partial charge < -0.3 is 5.32 Å². The summed E-state index contributed by atoms with van der Waals surface area (Å²) < 4.78 is 0. The molecule has 0 spiro atoms. The van der Waals surface area contributed by atoms with Gasteiger partial charge in [0.2, 0.25) is 5.91 Å². The van der Waals surface area contributed by atoms with E-state index in [1.54, 1.807) is 18.2 Å². The third-order valence-corrected chi connectivity index (χ3v) is 3.49. The van der Waals surface area contributed by atoms with Crippen LogP contribution < -0.4 is 5.32 Å². The summed E-state index contributed by atoms with van der Waals surface area (Å²) in [5.74, 6) is 0.308. The van der Waals surface area contributed by atoms with Crippen LogP contribution in [0.25, 0.3) is 6.08 Å². The molecule has 2 rings (SSSR count). The molecule has 0 atom stereocenters. The SMILES string of the molecule is CC(C)c1ccc(/C=C\C(=O)Nc2ccccc2Cl)cc1. The molecule has 1 N–H and O–H groups in total. The first-order valence-electron chi connectivity index (χ1n) is 6.90. The number of para-hydroxylation sites is 1. The third kappa shape index (κ3) is 4.47. The summed E-state index contributed by atoms with van der Waals surface area (Å²) in [5.41, 5.74) is 2.89. The number of halogens is 1. The molecule has 21 heavy (non-hydrogen) atoms. The number of amides is 1. The predicted octanol–water partition coefficient (Wildman–Crippen LogP) is 5.12. The highest BCUT2D eigenvalue weighted by atomic mass is 35.5. The van der Waals surface area contributed by atoms with Gasteiger partial charge in [-0.05, 0) is 35.3 Å². The zero-order valence-corrected chi connectivity index (χ0v) is 12.9. The minimum Gasteiger partial charge on any atom is -0.321 e. The van der Waals surface area contributed by atoms with Gasteiger partial charge in [-0.15, -0.1) is 0 Å². The van der Waals surface area contributed by atoms with Gasteiger partial charge in [-0.1, -0.05) is 61.8 Å². The summed E-state index contributed by atoms with van der Waals surface area (Å²) in [7, 11) is 0. The van der Waals surface area contributed by atoms with Crippen molar-refractivity contribution in [2.45, 2.75) is 19.8 Å². The van der Waals surface area contributed by atoms with E-state index in [1.165, 1.54) is 11.6 Å². The standard InChI is InChI=1S/C18H18ClNO/c1-13(2)15-10-7-14(8-11-15)9-12-18(21)20-17-6-4-3-5-16(17)19/h3-13H,1-2H3,(H,20,21)/b12-9-. The molecule has 0 fully saturated rings. The molecular formula is C18H18ClNO. The molecule has 0 radical (unpaired) electrons. The Morgan fingerprint density at radius 2 is 1.76 bits per heavy atom. The summed E-state index contributed by atoms with van der Waals surface area (Å²) in [5, 5.41) is 3.28. The fraction of sp³-hybridized carbons (Fsp3) is 0.167. The zero-order valence-electron chi connectivity index (χ0n) is 12.1. The van der Waals surface area contributed by atoms with Gasteiger partial charge in [0.05, 0.1) is 10.7 Å².